The molecule has 1 aliphatic rings. The first-order chi connectivity index (χ1) is 15.3. The minimum absolute atomic E-state index is 0.00717. The number of aliphatic hydroxyl groups is 1. The molecular formula is C24H27N3O5. The molecule has 1 amide bonds. The van der Waals surface area contributed by atoms with Gasteiger partial charge in [-0.25, -0.2) is 0 Å². The van der Waals surface area contributed by atoms with Gasteiger partial charge in [0.1, 0.15) is 5.76 Å². The molecule has 32 heavy (non-hydrogen) atoms. The molecule has 1 saturated heterocycles. The molecule has 1 atom stereocenters. The number of nitro benzene ring substituents is 1. The second-order valence-corrected chi connectivity index (χ2v) is 7.73. The van der Waals surface area contributed by atoms with E-state index in [4.69, 9.17) is 0 Å². The Labute approximate surface area is 186 Å². The second kappa shape index (κ2) is 9.74. The summed E-state index contributed by atoms with van der Waals surface area (Å²) >= 11 is 0. The normalized spacial score (nSPS) is 17.9. The molecule has 0 radical (unpaired) electrons. The van der Waals surface area contributed by atoms with Crippen LogP contribution in [0.3, 0.4) is 0 Å². The number of hydrogen-bond donors (Lipinski definition) is 1. The smallest absolute Gasteiger partial charge is 0.295 e. The number of hydrogen-bond acceptors (Lipinski definition) is 6. The molecule has 2 aromatic carbocycles. The SMILES string of the molecule is CCN(CC)CCN1C(=O)C(=O)C(=C(O)c2ccc(C)cc2)[C@@H]1c1ccc([N+](=O)[O-])cc1. The van der Waals surface area contributed by atoms with Crippen molar-refractivity contribution in [3.8, 4) is 0 Å². The number of likely N-dealkylation sites (N-methyl/N-ethyl adjacent to an activating group) is 1. The summed E-state index contributed by atoms with van der Waals surface area (Å²) in [5.41, 5.74) is 1.86. The van der Waals surface area contributed by atoms with Crippen molar-refractivity contribution < 1.29 is 19.6 Å². The number of amides is 1. The average molecular weight is 437 g/mol. The fourth-order valence-corrected chi connectivity index (χ4v) is 3.89. The van der Waals surface area contributed by atoms with Crippen LogP contribution >= 0.6 is 0 Å². The lowest BCUT2D eigenvalue weighted by molar-refractivity contribution is -0.384. The van der Waals surface area contributed by atoms with Gasteiger partial charge in [0.15, 0.2) is 0 Å². The number of Topliss-reactive ketones (excluding diaryl/α,β-unsaturated/α-hetero) is 1. The van der Waals surface area contributed by atoms with Crippen molar-refractivity contribution in [1.82, 2.24) is 9.80 Å². The molecule has 1 heterocycles. The molecule has 1 N–H and O–H groups in total. The predicted molar refractivity (Wildman–Crippen MR) is 121 cm³/mol. The van der Waals surface area contributed by atoms with Gasteiger partial charge < -0.3 is 14.9 Å². The van der Waals surface area contributed by atoms with Gasteiger partial charge in [-0.2, -0.15) is 0 Å². The number of nitro groups is 1. The maximum Gasteiger partial charge on any atom is 0.295 e. The summed E-state index contributed by atoms with van der Waals surface area (Å²) < 4.78 is 0. The lowest BCUT2D eigenvalue weighted by atomic mass is 9.95. The van der Waals surface area contributed by atoms with Crippen LogP contribution in [-0.4, -0.2) is 57.7 Å². The number of likely N-dealkylation sites (tertiary alicyclic amines) is 1. The lowest BCUT2D eigenvalue weighted by Crippen LogP contribution is -2.38. The zero-order valence-corrected chi connectivity index (χ0v) is 18.4. The van der Waals surface area contributed by atoms with Crippen molar-refractivity contribution in [3.05, 3.63) is 80.9 Å². The van der Waals surface area contributed by atoms with Crippen LogP contribution in [0.15, 0.2) is 54.1 Å². The molecule has 0 aliphatic carbocycles. The Balaban J connectivity index is 2.10. The summed E-state index contributed by atoms with van der Waals surface area (Å²) in [4.78, 5) is 40.1. The van der Waals surface area contributed by atoms with Crippen LogP contribution in [0, 0.1) is 17.0 Å². The van der Waals surface area contributed by atoms with Gasteiger partial charge in [0.25, 0.3) is 17.4 Å². The van der Waals surface area contributed by atoms with Gasteiger partial charge >= 0.3 is 0 Å². The summed E-state index contributed by atoms with van der Waals surface area (Å²) in [5, 5.41) is 22.1. The number of non-ortho nitro benzene ring substituents is 1. The Bertz CT molecular complexity index is 1040. The third kappa shape index (κ3) is 4.55. The van der Waals surface area contributed by atoms with Crippen molar-refractivity contribution in [1.29, 1.82) is 0 Å². The highest BCUT2D eigenvalue weighted by molar-refractivity contribution is 6.46. The van der Waals surface area contributed by atoms with Crippen LogP contribution in [0.2, 0.25) is 0 Å². The molecule has 1 aliphatic heterocycles. The summed E-state index contributed by atoms with van der Waals surface area (Å²) in [5.74, 6) is -1.70. The molecule has 8 nitrogen and oxygen atoms in total. The fraction of sp³-hybridized carbons (Fsp3) is 0.333. The van der Waals surface area contributed by atoms with Crippen molar-refractivity contribution >= 4 is 23.1 Å². The van der Waals surface area contributed by atoms with E-state index in [1.807, 2.05) is 32.9 Å². The standard InChI is InChI=1S/C24H27N3O5/c1-4-25(5-2)14-15-26-21(17-10-12-19(13-11-17)27(31)32)20(23(29)24(26)30)22(28)18-8-6-16(3)7-9-18/h6-13,21,28H,4-5,14-15H2,1-3H3/t21-/m0/s1. The van der Waals surface area contributed by atoms with E-state index in [1.54, 1.807) is 12.1 Å². The first-order valence-electron chi connectivity index (χ1n) is 10.6. The van der Waals surface area contributed by atoms with E-state index in [2.05, 4.69) is 4.90 Å². The first kappa shape index (κ1) is 23.1. The molecule has 0 unspecified atom stereocenters. The summed E-state index contributed by atoms with van der Waals surface area (Å²) in [6.07, 6.45) is 0. The zero-order chi connectivity index (χ0) is 23.4. The van der Waals surface area contributed by atoms with E-state index in [1.165, 1.54) is 29.2 Å². The maximum atomic E-state index is 13.0. The summed E-state index contributed by atoms with van der Waals surface area (Å²) in [6.45, 7) is 8.39. The number of carbonyl (C=O) groups excluding carboxylic acids is 2. The van der Waals surface area contributed by atoms with Crippen LogP contribution in [0.4, 0.5) is 5.69 Å². The zero-order valence-electron chi connectivity index (χ0n) is 18.4. The van der Waals surface area contributed by atoms with E-state index in [0.29, 0.717) is 24.2 Å². The van der Waals surface area contributed by atoms with E-state index in [9.17, 15) is 24.8 Å². The van der Waals surface area contributed by atoms with Gasteiger partial charge in [0.05, 0.1) is 16.5 Å². The molecule has 0 spiro atoms. The Hall–Kier alpha value is -3.52. The Kier molecular flexibility index (Phi) is 7.05. The number of benzene rings is 2. The molecular weight excluding hydrogens is 410 g/mol. The van der Waals surface area contributed by atoms with Gasteiger partial charge in [-0.05, 0) is 37.7 Å². The molecule has 0 bridgehead atoms. The van der Waals surface area contributed by atoms with Gasteiger partial charge in [-0.3, -0.25) is 19.7 Å². The third-order valence-corrected chi connectivity index (χ3v) is 5.84. The van der Waals surface area contributed by atoms with Gasteiger partial charge in [0, 0.05) is 30.8 Å². The quantitative estimate of drug-likeness (QED) is 0.222. The molecule has 0 saturated carbocycles. The van der Waals surface area contributed by atoms with E-state index in [0.717, 1.165) is 18.7 Å². The molecule has 168 valence electrons. The maximum absolute atomic E-state index is 13.0. The first-order valence-corrected chi connectivity index (χ1v) is 10.6. The van der Waals surface area contributed by atoms with Crippen LogP contribution < -0.4 is 0 Å². The van der Waals surface area contributed by atoms with Crippen LogP contribution in [0.25, 0.3) is 5.76 Å². The van der Waals surface area contributed by atoms with E-state index >= 15 is 0 Å². The second-order valence-electron chi connectivity index (χ2n) is 7.73. The molecule has 8 heteroatoms. The monoisotopic (exact) mass is 437 g/mol. The van der Waals surface area contributed by atoms with Crippen LogP contribution in [0.5, 0.6) is 0 Å². The van der Waals surface area contributed by atoms with E-state index in [-0.39, 0.29) is 17.0 Å². The third-order valence-electron chi connectivity index (χ3n) is 5.84. The minimum Gasteiger partial charge on any atom is -0.507 e. The van der Waals surface area contributed by atoms with Crippen molar-refractivity contribution in [2.75, 3.05) is 26.2 Å². The largest absolute Gasteiger partial charge is 0.507 e. The van der Waals surface area contributed by atoms with Crippen molar-refractivity contribution in [2.45, 2.75) is 26.8 Å². The number of carbonyl (C=O) groups is 2. The van der Waals surface area contributed by atoms with Gasteiger partial charge in [-0.1, -0.05) is 43.7 Å². The average Bonchev–Trinajstić information content (AvgIpc) is 3.04. The van der Waals surface area contributed by atoms with Gasteiger partial charge in [-0.15, -0.1) is 0 Å². The molecule has 2 aromatic rings. The molecule has 1 fully saturated rings. The number of aryl methyl sites for hydroxylation is 1. The Morgan fingerprint density at radius 1 is 1.06 bits per heavy atom. The number of ketones is 1. The number of nitrogens with zero attached hydrogens (tertiary/aromatic N) is 3. The van der Waals surface area contributed by atoms with Gasteiger partial charge in [0.2, 0.25) is 0 Å². The highest BCUT2D eigenvalue weighted by Gasteiger charge is 2.46. The number of rotatable bonds is 8. The molecule has 3 rings (SSSR count). The minimum atomic E-state index is -0.826. The number of aliphatic hydroxyl groups excluding tert-OH is 1. The fourth-order valence-electron chi connectivity index (χ4n) is 3.89. The summed E-state index contributed by atoms with van der Waals surface area (Å²) in [6, 6.07) is 11.9. The van der Waals surface area contributed by atoms with Crippen LogP contribution in [0.1, 0.15) is 36.6 Å². The predicted octanol–water partition coefficient (Wildman–Crippen LogP) is 3.67. The van der Waals surface area contributed by atoms with Crippen LogP contribution in [-0.2, 0) is 9.59 Å². The van der Waals surface area contributed by atoms with E-state index < -0.39 is 22.7 Å². The topological polar surface area (TPSA) is 104 Å². The summed E-state index contributed by atoms with van der Waals surface area (Å²) in [7, 11) is 0. The van der Waals surface area contributed by atoms with Crippen molar-refractivity contribution in [3.63, 3.8) is 0 Å². The Morgan fingerprint density at radius 3 is 2.19 bits per heavy atom. The van der Waals surface area contributed by atoms with Crippen molar-refractivity contribution in [2.24, 2.45) is 0 Å². The molecule has 0 aromatic heterocycles. The Morgan fingerprint density at radius 2 is 1.66 bits per heavy atom. The lowest BCUT2D eigenvalue weighted by Gasteiger charge is -2.28. The highest BCUT2D eigenvalue weighted by atomic mass is 16.6. The highest BCUT2D eigenvalue weighted by Crippen LogP contribution is 2.39.